The second-order valence-electron chi connectivity index (χ2n) is 6.15. The third-order valence-electron chi connectivity index (χ3n) is 4.47. The number of anilines is 1. The van der Waals surface area contributed by atoms with Gasteiger partial charge in [-0.3, -0.25) is 0 Å². The molecule has 0 atom stereocenters. The molecule has 0 heterocycles. The van der Waals surface area contributed by atoms with Crippen LogP contribution in [0.1, 0.15) is 49.7 Å². The molecular weight excluding hydrogens is 254 g/mol. The van der Waals surface area contributed by atoms with Gasteiger partial charge in [-0.1, -0.05) is 74.2 Å². The minimum absolute atomic E-state index is 0.657. The van der Waals surface area contributed by atoms with Crippen LogP contribution >= 0.6 is 0 Å². The molecule has 1 aliphatic carbocycles. The molecule has 0 radical (unpaired) electrons. The van der Waals surface area contributed by atoms with Gasteiger partial charge in [0, 0.05) is 11.7 Å². The lowest BCUT2D eigenvalue weighted by Crippen LogP contribution is -2.19. The van der Waals surface area contributed by atoms with E-state index < -0.39 is 0 Å². The Morgan fingerprint density at radius 1 is 0.762 bits per heavy atom. The van der Waals surface area contributed by atoms with Crippen LogP contribution in [0.4, 0.5) is 5.69 Å². The molecule has 1 heteroatoms. The highest BCUT2D eigenvalue weighted by Gasteiger charge is 2.13. The normalized spacial score (nSPS) is 16.4. The highest BCUT2D eigenvalue weighted by molar-refractivity contribution is 5.53. The first-order valence-corrected chi connectivity index (χ1v) is 8.30. The van der Waals surface area contributed by atoms with Gasteiger partial charge in [0.15, 0.2) is 0 Å². The summed E-state index contributed by atoms with van der Waals surface area (Å²) < 4.78 is 0. The fourth-order valence-electron chi connectivity index (χ4n) is 3.27. The summed E-state index contributed by atoms with van der Waals surface area (Å²) in [6, 6.07) is 20.2. The van der Waals surface area contributed by atoms with E-state index in [0.29, 0.717) is 6.04 Å². The quantitative estimate of drug-likeness (QED) is 0.738. The minimum Gasteiger partial charge on any atom is -0.382 e. The van der Waals surface area contributed by atoms with Crippen LogP contribution in [0.2, 0.25) is 0 Å². The first kappa shape index (κ1) is 14.2. The van der Waals surface area contributed by atoms with Crippen molar-refractivity contribution in [2.45, 2.75) is 51.0 Å². The van der Waals surface area contributed by atoms with Crippen molar-refractivity contribution in [1.82, 2.24) is 0 Å². The fraction of sp³-hybridized carbons (Fsp3) is 0.400. The Bertz CT molecular complexity index is 539. The standard InChI is InChI=1S/C20H25N/c1-2-7-14-19(13-6-1)21-20-15-9-8-12-18(20)16-17-10-4-3-5-11-17/h3-5,8-12,15,19,21H,1-2,6-7,13-14,16H2. The first-order chi connectivity index (χ1) is 10.4. The summed E-state index contributed by atoms with van der Waals surface area (Å²) in [5, 5.41) is 3.81. The largest absolute Gasteiger partial charge is 0.382 e. The Balaban J connectivity index is 1.72. The van der Waals surface area contributed by atoms with Crippen LogP contribution in [-0.2, 0) is 6.42 Å². The fourth-order valence-corrected chi connectivity index (χ4v) is 3.27. The van der Waals surface area contributed by atoms with Crippen molar-refractivity contribution in [3.63, 3.8) is 0 Å². The Hall–Kier alpha value is -1.76. The van der Waals surface area contributed by atoms with E-state index in [1.807, 2.05) is 0 Å². The average molecular weight is 279 g/mol. The van der Waals surface area contributed by atoms with Crippen molar-refractivity contribution in [2.24, 2.45) is 0 Å². The van der Waals surface area contributed by atoms with Gasteiger partial charge in [0.2, 0.25) is 0 Å². The Morgan fingerprint density at radius 3 is 2.19 bits per heavy atom. The van der Waals surface area contributed by atoms with Crippen LogP contribution in [0, 0.1) is 0 Å². The number of para-hydroxylation sites is 1. The van der Waals surface area contributed by atoms with E-state index in [1.54, 1.807) is 0 Å². The monoisotopic (exact) mass is 279 g/mol. The van der Waals surface area contributed by atoms with Gasteiger partial charge in [-0.05, 0) is 36.5 Å². The number of nitrogens with one attached hydrogen (secondary N) is 1. The van der Waals surface area contributed by atoms with E-state index in [1.165, 1.54) is 55.3 Å². The maximum absolute atomic E-state index is 3.81. The molecule has 2 aromatic carbocycles. The van der Waals surface area contributed by atoms with Crippen molar-refractivity contribution in [3.8, 4) is 0 Å². The molecule has 1 nitrogen and oxygen atoms in total. The van der Waals surface area contributed by atoms with E-state index in [0.717, 1.165) is 6.42 Å². The van der Waals surface area contributed by atoms with Crippen LogP contribution in [0.15, 0.2) is 54.6 Å². The average Bonchev–Trinajstić information content (AvgIpc) is 2.79. The van der Waals surface area contributed by atoms with Crippen LogP contribution in [0.3, 0.4) is 0 Å². The molecule has 110 valence electrons. The van der Waals surface area contributed by atoms with Gasteiger partial charge in [0.1, 0.15) is 0 Å². The smallest absolute Gasteiger partial charge is 0.0378 e. The molecule has 0 unspecified atom stereocenters. The van der Waals surface area contributed by atoms with Crippen molar-refractivity contribution in [3.05, 3.63) is 65.7 Å². The Labute approximate surface area is 128 Å². The molecule has 1 fully saturated rings. The van der Waals surface area contributed by atoms with Crippen LogP contribution in [0.5, 0.6) is 0 Å². The number of hydrogen-bond donors (Lipinski definition) is 1. The first-order valence-electron chi connectivity index (χ1n) is 8.30. The molecule has 0 bridgehead atoms. The van der Waals surface area contributed by atoms with E-state index in [4.69, 9.17) is 0 Å². The number of hydrogen-bond acceptors (Lipinski definition) is 1. The molecule has 1 N–H and O–H groups in total. The molecule has 1 aliphatic rings. The summed E-state index contributed by atoms with van der Waals surface area (Å²) in [6.07, 6.45) is 9.21. The Kier molecular flexibility index (Phi) is 4.94. The van der Waals surface area contributed by atoms with Gasteiger partial charge in [-0.15, -0.1) is 0 Å². The zero-order valence-electron chi connectivity index (χ0n) is 12.7. The maximum atomic E-state index is 3.81. The molecular formula is C20H25N. The lowest BCUT2D eigenvalue weighted by atomic mass is 10.0. The van der Waals surface area contributed by atoms with Gasteiger partial charge in [-0.2, -0.15) is 0 Å². The van der Waals surface area contributed by atoms with Crippen LogP contribution in [0.25, 0.3) is 0 Å². The Morgan fingerprint density at radius 2 is 1.43 bits per heavy atom. The second-order valence-corrected chi connectivity index (χ2v) is 6.15. The van der Waals surface area contributed by atoms with Gasteiger partial charge < -0.3 is 5.32 Å². The lowest BCUT2D eigenvalue weighted by molar-refractivity contribution is 0.619. The van der Waals surface area contributed by atoms with Gasteiger partial charge in [-0.25, -0.2) is 0 Å². The van der Waals surface area contributed by atoms with Crippen molar-refractivity contribution < 1.29 is 0 Å². The van der Waals surface area contributed by atoms with Gasteiger partial charge >= 0.3 is 0 Å². The van der Waals surface area contributed by atoms with E-state index in [2.05, 4.69) is 59.9 Å². The summed E-state index contributed by atoms with van der Waals surface area (Å²) in [6.45, 7) is 0. The highest BCUT2D eigenvalue weighted by Crippen LogP contribution is 2.24. The zero-order valence-corrected chi connectivity index (χ0v) is 12.7. The highest BCUT2D eigenvalue weighted by atomic mass is 14.9. The summed E-state index contributed by atoms with van der Waals surface area (Å²) in [7, 11) is 0. The second kappa shape index (κ2) is 7.31. The predicted molar refractivity (Wildman–Crippen MR) is 90.8 cm³/mol. The number of benzene rings is 2. The molecule has 0 aromatic heterocycles. The number of rotatable bonds is 4. The molecule has 0 saturated heterocycles. The van der Waals surface area contributed by atoms with E-state index >= 15 is 0 Å². The van der Waals surface area contributed by atoms with Crippen molar-refractivity contribution in [1.29, 1.82) is 0 Å². The van der Waals surface area contributed by atoms with Crippen LogP contribution in [-0.4, -0.2) is 6.04 Å². The summed E-state index contributed by atoms with van der Waals surface area (Å²) >= 11 is 0. The molecule has 0 amide bonds. The summed E-state index contributed by atoms with van der Waals surface area (Å²) in [5.74, 6) is 0. The van der Waals surface area contributed by atoms with Gasteiger partial charge in [0.05, 0.1) is 0 Å². The summed E-state index contributed by atoms with van der Waals surface area (Å²) in [5.41, 5.74) is 4.12. The minimum atomic E-state index is 0.657. The molecule has 3 rings (SSSR count). The van der Waals surface area contributed by atoms with E-state index in [9.17, 15) is 0 Å². The summed E-state index contributed by atoms with van der Waals surface area (Å²) in [4.78, 5) is 0. The molecule has 21 heavy (non-hydrogen) atoms. The van der Waals surface area contributed by atoms with Crippen molar-refractivity contribution in [2.75, 3.05) is 5.32 Å². The predicted octanol–water partition coefficient (Wildman–Crippen LogP) is 5.41. The van der Waals surface area contributed by atoms with Crippen molar-refractivity contribution >= 4 is 5.69 Å². The lowest BCUT2D eigenvalue weighted by Gasteiger charge is -2.20. The SMILES string of the molecule is c1ccc(Cc2ccccc2NC2CCCCCC2)cc1. The van der Waals surface area contributed by atoms with Crippen LogP contribution < -0.4 is 5.32 Å². The molecule has 0 aliphatic heterocycles. The zero-order chi connectivity index (χ0) is 14.3. The van der Waals surface area contributed by atoms with E-state index in [-0.39, 0.29) is 0 Å². The topological polar surface area (TPSA) is 12.0 Å². The third kappa shape index (κ3) is 4.10. The maximum Gasteiger partial charge on any atom is 0.0378 e. The van der Waals surface area contributed by atoms with Gasteiger partial charge in [0.25, 0.3) is 0 Å². The molecule has 0 spiro atoms. The molecule has 1 saturated carbocycles. The molecule has 2 aromatic rings. The third-order valence-corrected chi connectivity index (χ3v) is 4.47.